The number of pyridine rings is 1. The van der Waals surface area contributed by atoms with E-state index in [1.165, 1.54) is 6.07 Å². The highest BCUT2D eigenvalue weighted by Crippen LogP contribution is 2.38. The number of imidazole rings is 1. The summed E-state index contributed by atoms with van der Waals surface area (Å²) in [6, 6.07) is 12.4. The lowest BCUT2D eigenvalue weighted by Crippen LogP contribution is -2.22. The predicted molar refractivity (Wildman–Crippen MR) is 101 cm³/mol. The molecule has 0 bridgehead atoms. The van der Waals surface area contributed by atoms with E-state index < -0.39 is 11.9 Å². The number of aromatic amines is 1. The number of halogens is 1. The lowest BCUT2D eigenvalue weighted by Gasteiger charge is -2.25. The summed E-state index contributed by atoms with van der Waals surface area (Å²) < 4.78 is 31.7. The Bertz CT molecular complexity index is 1160. The fourth-order valence-corrected chi connectivity index (χ4v) is 3.27. The molecule has 2 aromatic carbocycles. The smallest absolute Gasteiger partial charge is 0.190 e. The van der Waals surface area contributed by atoms with Crippen LogP contribution in [0.3, 0.4) is 0 Å². The summed E-state index contributed by atoms with van der Waals surface area (Å²) >= 11 is 0. The summed E-state index contributed by atoms with van der Waals surface area (Å²) in [5.41, 5.74) is 2.50. The van der Waals surface area contributed by atoms with E-state index in [0.29, 0.717) is 28.6 Å². The lowest BCUT2D eigenvalue weighted by atomic mass is 10.1. The molecular weight excluding hydrogens is 361 g/mol. The van der Waals surface area contributed by atoms with Crippen LogP contribution >= 0.6 is 0 Å². The van der Waals surface area contributed by atoms with Gasteiger partial charge in [-0.05, 0) is 47.5 Å². The largest absolute Gasteiger partial charge is 0.497 e. The summed E-state index contributed by atoms with van der Waals surface area (Å²) in [4.78, 5) is 11.6. The van der Waals surface area contributed by atoms with Crippen molar-refractivity contribution < 1.29 is 18.6 Å². The van der Waals surface area contributed by atoms with E-state index in [-0.39, 0.29) is 12.1 Å². The van der Waals surface area contributed by atoms with Gasteiger partial charge < -0.3 is 19.2 Å². The molecule has 1 atom stereocenters. The van der Waals surface area contributed by atoms with Gasteiger partial charge in [-0.3, -0.25) is 4.98 Å². The number of hydrogen-bond acceptors (Lipinski definition) is 5. The highest BCUT2D eigenvalue weighted by Gasteiger charge is 2.26. The van der Waals surface area contributed by atoms with Crippen LogP contribution in [-0.2, 0) is 0 Å². The maximum atomic E-state index is 14.7. The number of hydrogen-bond donors (Lipinski definition) is 1. The second kappa shape index (κ2) is 6.53. The molecule has 0 amide bonds. The highest BCUT2D eigenvalue weighted by molar-refractivity contribution is 5.82. The summed E-state index contributed by atoms with van der Waals surface area (Å²) in [5.74, 6) is 1.98. The molecule has 0 spiro atoms. The Morgan fingerprint density at radius 2 is 1.93 bits per heavy atom. The first kappa shape index (κ1) is 16.6. The third-order valence-corrected chi connectivity index (χ3v) is 4.69. The van der Waals surface area contributed by atoms with Gasteiger partial charge in [0.25, 0.3) is 0 Å². The summed E-state index contributed by atoms with van der Waals surface area (Å²) in [5, 5.41) is 0. The molecule has 4 aromatic rings. The van der Waals surface area contributed by atoms with Crippen LogP contribution in [0.4, 0.5) is 4.39 Å². The molecular formula is C21H16FN3O3. The van der Waals surface area contributed by atoms with Gasteiger partial charge in [-0.2, -0.15) is 0 Å². The minimum Gasteiger partial charge on any atom is -0.497 e. The summed E-state index contributed by atoms with van der Waals surface area (Å²) in [6.07, 6.45) is 2.87. The Labute approximate surface area is 159 Å². The van der Waals surface area contributed by atoms with E-state index in [1.807, 2.05) is 18.2 Å². The topological polar surface area (TPSA) is 69.3 Å². The van der Waals surface area contributed by atoms with E-state index in [0.717, 1.165) is 11.1 Å². The molecule has 0 saturated carbocycles. The fraction of sp³-hybridized carbons (Fsp3) is 0.143. The molecule has 6 nitrogen and oxygen atoms in total. The van der Waals surface area contributed by atoms with E-state index in [9.17, 15) is 4.39 Å². The van der Waals surface area contributed by atoms with E-state index in [4.69, 9.17) is 14.2 Å². The summed E-state index contributed by atoms with van der Waals surface area (Å²) in [6.45, 7) is 0.276. The third kappa shape index (κ3) is 2.81. The van der Waals surface area contributed by atoms with E-state index in [2.05, 4.69) is 15.0 Å². The Hall–Kier alpha value is -3.61. The minimum absolute atomic E-state index is 0.271. The highest BCUT2D eigenvalue weighted by atomic mass is 19.1. The number of nitrogens with zero attached hydrogens (tertiary/aromatic N) is 2. The van der Waals surface area contributed by atoms with Crippen LogP contribution in [0.25, 0.3) is 22.2 Å². The molecule has 7 heteroatoms. The normalized spacial score (nSPS) is 15.6. The van der Waals surface area contributed by atoms with Crippen molar-refractivity contribution in [1.29, 1.82) is 0 Å². The van der Waals surface area contributed by atoms with Crippen molar-refractivity contribution in [2.45, 2.75) is 6.10 Å². The van der Waals surface area contributed by atoms with Crippen molar-refractivity contribution in [3.05, 3.63) is 66.5 Å². The number of ether oxygens (including phenoxy) is 3. The van der Waals surface area contributed by atoms with Crippen LogP contribution in [0.15, 0.2) is 54.9 Å². The number of fused-ring (bicyclic) bond motifs is 2. The molecule has 3 heterocycles. The van der Waals surface area contributed by atoms with Crippen molar-refractivity contribution in [2.75, 3.05) is 13.7 Å². The van der Waals surface area contributed by atoms with Crippen LogP contribution < -0.4 is 14.2 Å². The number of aromatic nitrogens is 3. The zero-order valence-corrected chi connectivity index (χ0v) is 15.0. The van der Waals surface area contributed by atoms with Gasteiger partial charge in [0.2, 0.25) is 0 Å². The zero-order valence-electron chi connectivity index (χ0n) is 15.0. The van der Waals surface area contributed by atoms with Gasteiger partial charge >= 0.3 is 0 Å². The van der Waals surface area contributed by atoms with Crippen molar-refractivity contribution in [3.8, 4) is 28.4 Å². The Kier molecular flexibility index (Phi) is 3.86. The first-order valence-corrected chi connectivity index (χ1v) is 8.78. The van der Waals surface area contributed by atoms with Gasteiger partial charge in [-0.1, -0.05) is 0 Å². The number of H-pyrrole nitrogens is 1. The SMILES string of the molecule is COc1ccc2c(c1)OC(c1nc3c(F)cc(-c4ccncc4)cc3[nH]1)CO2. The van der Waals surface area contributed by atoms with Gasteiger partial charge in [0, 0.05) is 18.5 Å². The Morgan fingerprint density at radius 3 is 2.75 bits per heavy atom. The second-order valence-electron chi connectivity index (χ2n) is 6.44. The number of rotatable bonds is 3. The Balaban J connectivity index is 1.51. The second-order valence-corrected chi connectivity index (χ2v) is 6.44. The first-order valence-electron chi connectivity index (χ1n) is 8.78. The van der Waals surface area contributed by atoms with Crippen LogP contribution in [0.5, 0.6) is 17.2 Å². The molecule has 5 rings (SSSR count). The van der Waals surface area contributed by atoms with Gasteiger partial charge in [-0.15, -0.1) is 0 Å². The molecule has 1 unspecified atom stereocenters. The maximum absolute atomic E-state index is 14.7. The predicted octanol–water partition coefficient (Wildman–Crippen LogP) is 4.29. The van der Waals surface area contributed by atoms with Crippen LogP contribution in [0.1, 0.15) is 11.9 Å². The molecule has 0 radical (unpaired) electrons. The average molecular weight is 377 g/mol. The molecule has 0 saturated heterocycles. The summed E-state index contributed by atoms with van der Waals surface area (Å²) in [7, 11) is 1.59. The van der Waals surface area contributed by atoms with Crippen molar-refractivity contribution in [3.63, 3.8) is 0 Å². The van der Waals surface area contributed by atoms with Gasteiger partial charge in [0.15, 0.2) is 29.2 Å². The molecule has 0 fully saturated rings. The van der Waals surface area contributed by atoms with Crippen molar-refractivity contribution in [1.82, 2.24) is 15.0 Å². The third-order valence-electron chi connectivity index (χ3n) is 4.69. The zero-order chi connectivity index (χ0) is 19.1. The lowest BCUT2D eigenvalue weighted by molar-refractivity contribution is 0.0854. The molecule has 140 valence electrons. The van der Waals surface area contributed by atoms with Crippen LogP contribution in [0.2, 0.25) is 0 Å². The van der Waals surface area contributed by atoms with E-state index >= 15 is 0 Å². The van der Waals surface area contributed by atoms with E-state index in [1.54, 1.807) is 37.7 Å². The molecule has 1 N–H and O–H groups in total. The minimum atomic E-state index is -0.476. The van der Waals surface area contributed by atoms with Crippen molar-refractivity contribution >= 4 is 11.0 Å². The number of methoxy groups -OCH3 is 1. The molecule has 28 heavy (non-hydrogen) atoms. The van der Waals surface area contributed by atoms with Crippen LogP contribution in [0, 0.1) is 5.82 Å². The van der Waals surface area contributed by atoms with Crippen molar-refractivity contribution in [2.24, 2.45) is 0 Å². The molecule has 1 aliphatic rings. The Morgan fingerprint density at radius 1 is 1.07 bits per heavy atom. The van der Waals surface area contributed by atoms with Gasteiger partial charge in [0.05, 0.1) is 12.6 Å². The molecule has 0 aliphatic carbocycles. The van der Waals surface area contributed by atoms with Crippen LogP contribution in [-0.4, -0.2) is 28.7 Å². The van der Waals surface area contributed by atoms with Gasteiger partial charge in [0.1, 0.15) is 17.9 Å². The molecule has 1 aliphatic heterocycles. The fourth-order valence-electron chi connectivity index (χ4n) is 3.27. The quantitative estimate of drug-likeness (QED) is 0.577. The standard InChI is InChI=1S/C21H16FN3O3/c1-26-14-2-3-17-18(10-14)28-19(11-27-17)21-24-16-9-13(8-15(22)20(16)25-21)12-4-6-23-7-5-12/h2-10,19H,11H2,1H3,(H,24,25). The molecule has 2 aromatic heterocycles. The average Bonchev–Trinajstić information content (AvgIpc) is 3.18. The van der Waals surface area contributed by atoms with Gasteiger partial charge in [-0.25, -0.2) is 9.37 Å². The monoisotopic (exact) mass is 377 g/mol. The number of nitrogens with one attached hydrogen (secondary N) is 1. The maximum Gasteiger partial charge on any atom is 0.190 e. The first-order chi connectivity index (χ1) is 13.7. The number of benzene rings is 2.